The first-order valence-electron chi connectivity index (χ1n) is 8.80. The summed E-state index contributed by atoms with van der Waals surface area (Å²) in [5.74, 6) is -0.272. The Labute approximate surface area is 164 Å². The van der Waals surface area contributed by atoms with E-state index in [9.17, 15) is 13.2 Å². The van der Waals surface area contributed by atoms with Crippen molar-refractivity contribution in [3.8, 4) is 0 Å². The molecule has 0 saturated carbocycles. The first-order valence-corrected chi connectivity index (χ1v) is 10.3. The van der Waals surface area contributed by atoms with E-state index in [-0.39, 0.29) is 16.8 Å². The third-order valence-electron chi connectivity index (χ3n) is 4.26. The van der Waals surface area contributed by atoms with Crippen molar-refractivity contribution in [2.75, 3.05) is 0 Å². The Morgan fingerprint density at radius 3 is 2.25 bits per heavy atom. The summed E-state index contributed by atoms with van der Waals surface area (Å²) in [5, 5.41) is 2.80. The third-order valence-corrected chi connectivity index (χ3v) is 5.82. The number of hydrogen-bond donors (Lipinski definition) is 2. The monoisotopic (exact) mass is 395 g/mol. The lowest BCUT2D eigenvalue weighted by Crippen LogP contribution is -2.27. The van der Waals surface area contributed by atoms with Gasteiger partial charge in [0, 0.05) is 30.5 Å². The molecule has 144 valence electrons. The molecule has 1 amide bonds. The lowest BCUT2D eigenvalue weighted by molar-refractivity contribution is 0.0951. The maximum Gasteiger partial charge on any atom is 0.251 e. The van der Waals surface area contributed by atoms with Gasteiger partial charge in [0.05, 0.1) is 4.90 Å². The number of nitrogens with one attached hydrogen (secondary N) is 2. The van der Waals surface area contributed by atoms with Crippen LogP contribution >= 0.6 is 0 Å². The molecule has 0 radical (unpaired) electrons. The number of hydrogen-bond acceptors (Lipinski definition) is 4. The average Bonchev–Trinajstić information content (AvgIpc) is 2.73. The number of carbonyl (C=O) groups is 1. The minimum absolute atomic E-state index is 0.112. The van der Waals surface area contributed by atoms with E-state index in [0.29, 0.717) is 12.1 Å². The van der Waals surface area contributed by atoms with Gasteiger partial charge in [-0.25, -0.2) is 13.1 Å². The maximum absolute atomic E-state index is 12.6. The van der Waals surface area contributed by atoms with Crippen molar-refractivity contribution >= 4 is 15.9 Å². The molecule has 0 aliphatic heterocycles. The molecule has 1 heterocycles. The number of sulfonamides is 1. The van der Waals surface area contributed by atoms with Gasteiger partial charge in [-0.1, -0.05) is 30.3 Å². The second kappa shape index (κ2) is 8.77. The van der Waals surface area contributed by atoms with Crippen LogP contribution in [0.15, 0.2) is 84.0 Å². The summed E-state index contributed by atoms with van der Waals surface area (Å²) >= 11 is 0. The summed E-state index contributed by atoms with van der Waals surface area (Å²) in [6, 6.07) is 18.5. The summed E-state index contributed by atoms with van der Waals surface area (Å²) < 4.78 is 27.8. The van der Waals surface area contributed by atoms with E-state index in [0.717, 1.165) is 11.1 Å². The van der Waals surface area contributed by atoms with Gasteiger partial charge >= 0.3 is 0 Å². The first kappa shape index (κ1) is 19.7. The summed E-state index contributed by atoms with van der Waals surface area (Å²) in [4.78, 5) is 16.3. The smallest absolute Gasteiger partial charge is 0.251 e. The second-order valence-electron chi connectivity index (χ2n) is 6.32. The molecule has 1 atom stereocenters. The average molecular weight is 395 g/mol. The van der Waals surface area contributed by atoms with Gasteiger partial charge in [0.25, 0.3) is 5.91 Å². The summed E-state index contributed by atoms with van der Waals surface area (Å²) in [6.45, 7) is 2.16. The van der Waals surface area contributed by atoms with Gasteiger partial charge in [-0.2, -0.15) is 0 Å². The zero-order valence-electron chi connectivity index (χ0n) is 15.4. The van der Waals surface area contributed by atoms with Crippen molar-refractivity contribution in [3.63, 3.8) is 0 Å². The molecular formula is C21H21N3O3S. The predicted molar refractivity (Wildman–Crippen MR) is 107 cm³/mol. The molecule has 0 spiro atoms. The highest BCUT2D eigenvalue weighted by molar-refractivity contribution is 7.89. The second-order valence-corrected chi connectivity index (χ2v) is 8.03. The van der Waals surface area contributed by atoms with Gasteiger partial charge in [-0.05, 0) is 54.4 Å². The van der Waals surface area contributed by atoms with Gasteiger partial charge < -0.3 is 5.32 Å². The van der Waals surface area contributed by atoms with E-state index >= 15 is 0 Å². The fraction of sp³-hybridized carbons (Fsp3) is 0.143. The SMILES string of the molecule is CC(NS(=O)(=O)c1ccc(C(=O)NCc2ccncc2)cc1)c1ccccc1. The van der Waals surface area contributed by atoms with Crippen molar-refractivity contribution < 1.29 is 13.2 Å². The molecule has 7 heteroatoms. The topological polar surface area (TPSA) is 88.2 Å². The standard InChI is InChI=1S/C21H21N3O3S/c1-16(18-5-3-2-4-6-18)24-28(26,27)20-9-7-19(8-10-20)21(25)23-15-17-11-13-22-14-12-17/h2-14,16,24H,15H2,1H3,(H,23,25). The van der Waals surface area contributed by atoms with E-state index in [2.05, 4.69) is 15.0 Å². The highest BCUT2D eigenvalue weighted by Crippen LogP contribution is 2.17. The van der Waals surface area contributed by atoms with Crippen LogP contribution < -0.4 is 10.0 Å². The van der Waals surface area contributed by atoms with Crippen LogP contribution in [0, 0.1) is 0 Å². The molecule has 1 aromatic heterocycles. The molecule has 3 rings (SSSR count). The van der Waals surface area contributed by atoms with Crippen LogP contribution in [0.4, 0.5) is 0 Å². The largest absolute Gasteiger partial charge is 0.348 e. The highest BCUT2D eigenvalue weighted by atomic mass is 32.2. The van der Waals surface area contributed by atoms with Crippen molar-refractivity contribution in [1.29, 1.82) is 0 Å². The van der Waals surface area contributed by atoms with Crippen LogP contribution in [0.3, 0.4) is 0 Å². The van der Waals surface area contributed by atoms with Crippen LogP contribution in [0.5, 0.6) is 0 Å². The molecule has 0 fully saturated rings. The number of rotatable bonds is 7. The summed E-state index contributed by atoms with van der Waals surface area (Å²) in [7, 11) is -3.69. The summed E-state index contributed by atoms with van der Waals surface area (Å²) in [6.07, 6.45) is 3.31. The summed E-state index contributed by atoms with van der Waals surface area (Å²) in [5.41, 5.74) is 2.20. The Kier molecular flexibility index (Phi) is 6.18. The van der Waals surface area contributed by atoms with Crippen molar-refractivity contribution in [1.82, 2.24) is 15.0 Å². The van der Waals surface area contributed by atoms with E-state index < -0.39 is 10.0 Å². The molecule has 1 unspecified atom stereocenters. The van der Waals surface area contributed by atoms with E-state index in [4.69, 9.17) is 0 Å². The zero-order valence-corrected chi connectivity index (χ0v) is 16.2. The maximum atomic E-state index is 12.6. The molecule has 2 aromatic carbocycles. The molecule has 0 aliphatic rings. The first-order chi connectivity index (χ1) is 13.5. The van der Waals surface area contributed by atoms with Crippen molar-refractivity contribution in [2.24, 2.45) is 0 Å². The predicted octanol–water partition coefficient (Wildman–Crippen LogP) is 3.05. The number of benzene rings is 2. The molecule has 2 N–H and O–H groups in total. The number of amides is 1. The Bertz CT molecular complexity index is 1020. The minimum Gasteiger partial charge on any atom is -0.348 e. The van der Waals surface area contributed by atoms with E-state index in [1.54, 1.807) is 19.3 Å². The van der Waals surface area contributed by atoms with Crippen LogP contribution in [0.2, 0.25) is 0 Å². The lowest BCUT2D eigenvalue weighted by atomic mass is 10.1. The van der Waals surface area contributed by atoms with Crippen LogP contribution in [-0.4, -0.2) is 19.3 Å². The highest BCUT2D eigenvalue weighted by Gasteiger charge is 2.18. The van der Waals surface area contributed by atoms with Crippen LogP contribution in [0.1, 0.15) is 34.5 Å². The molecule has 6 nitrogen and oxygen atoms in total. The molecule has 28 heavy (non-hydrogen) atoms. The van der Waals surface area contributed by atoms with E-state index in [1.807, 2.05) is 42.5 Å². The van der Waals surface area contributed by atoms with Gasteiger partial charge in [0.1, 0.15) is 0 Å². The quantitative estimate of drug-likeness (QED) is 0.644. The van der Waals surface area contributed by atoms with Crippen LogP contribution in [0.25, 0.3) is 0 Å². The molecule has 0 bridgehead atoms. The molecule has 0 aliphatic carbocycles. The van der Waals surface area contributed by atoms with Gasteiger partial charge in [0.2, 0.25) is 10.0 Å². The Hall–Kier alpha value is -3.03. The number of carbonyl (C=O) groups excluding carboxylic acids is 1. The number of pyridine rings is 1. The van der Waals surface area contributed by atoms with Crippen LogP contribution in [-0.2, 0) is 16.6 Å². The Balaban J connectivity index is 1.65. The third kappa shape index (κ3) is 5.03. The zero-order chi connectivity index (χ0) is 20.0. The Morgan fingerprint density at radius 2 is 1.61 bits per heavy atom. The fourth-order valence-corrected chi connectivity index (χ4v) is 3.91. The van der Waals surface area contributed by atoms with Gasteiger partial charge in [-0.3, -0.25) is 9.78 Å². The van der Waals surface area contributed by atoms with Crippen molar-refractivity contribution in [2.45, 2.75) is 24.4 Å². The Morgan fingerprint density at radius 1 is 0.964 bits per heavy atom. The molecular weight excluding hydrogens is 374 g/mol. The molecule has 0 saturated heterocycles. The van der Waals surface area contributed by atoms with E-state index in [1.165, 1.54) is 24.3 Å². The van der Waals surface area contributed by atoms with Gasteiger partial charge in [0.15, 0.2) is 0 Å². The lowest BCUT2D eigenvalue weighted by Gasteiger charge is -2.15. The number of nitrogens with zero attached hydrogens (tertiary/aromatic N) is 1. The fourth-order valence-electron chi connectivity index (χ4n) is 2.68. The van der Waals surface area contributed by atoms with Gasteiger partial charge in [-0.15, -0.1) is 0 Å². The minimum atomic E-state index is -3.69. The molecule has 3 aromatic rings. The van der Waals surface area contributed by atoms with Crippen molar-refractivity contribution in [3.05, 3.63) is 95.8 Å². The normalized spacial score (nSPS) is 12.3. The number of aromatic nitrogens is 1.